The van der Waals surface area contributed by atoms with E-state index in [9.17, 15) is 23.1 Å². The minimum Gasteiger partial charge on any atom is 1.00 e. The Balaban J connectivity index is 0.00000256. The van der Waals surface area contributed by atoms with Gasteiger partial charge in [0.25, 0.3) is 0 Å². The predicted molar refractivity (Wildman–Crippen MR) is 40.0 cm³/mol. The zero-order chi connectivity index (χ0) is 12.5. The van der Waals surface area contributed by atoms with Crippen molar-refractivity contribution in [2.24, 2.45) is 0 Å². The van der Waals surface area contributed by atoms with Gasteiger partial charge < -0.3 is 0 Å². The van der Waals surface area contributed by atoms with E-state index in [1.807, 2.05) is 0 Å². The monoisotopic (exact) mass is 404 g/mol. The molecule has 0 aliphatic carbocycles. The Labute approximate surface area is 146 Å². The average molecular weight is 405 g/mol. The summed E-state index contributed by atoms with van der Waals surface area (Å²) in [5.41, 5.74) is 0. The Bertz CT molecular complexity index is 395. The normalized spacial score (nSPS) is 21.5. The van der Waals surface area contributed by atoms with Crippen LogP contribution in [0, 0.1) is 0 Å². The number of rotatable bonds is 4. The van der Waals surface area contributed by atoms with Gasteiger partial charge in [-0.1, -0.05) is 0 Å². The molecule has 1 aliphatic heterocycles. The first kappa shape index (κ1) is 18.2. The third-order valence-corrected chi connectivity index (χ3v) is 8.01. The number of aliphatic hydroxyl groups is 2. The maximum atomic E-state index is 10.9. The van der Waals surface area contributed by atoms with Crippen LogP contribution in [0.2, 0.25) is 0 Å². The van der Waals surface area contributed by atoms with Crippen molar-refractivity contribution in [1.29, 1.82) is 0 Å². The van der Waals surface area contributed by atoms with Gasteiger partial charge in [0.2, 0.25) is 0 Å². The fourth-order valence-electron chi connectivity index (χ4n) is 0.570. The van der Waals surface area contributed by atoms with Crippen LogP contribution in [0.25, 0.3) is 0 Å². The molecule has 0 aromatic heterocycles. The number of carbonyl (C=O) groups excluding carboxylic acids is 2. The smallest absolute Gasteiger partial charge is 1.00 e. The van der Waals surface area contributed by atoms with Crippen LogP contribution in [0.15, 0.2) is 0 Å². The molecule has 1 heterocycles. The molecule has 0 saturated carbocycles. The van der Waals surface area contributed by atoms with Gasteiger partial charge in [0.05, 0.1) is 0 Å². The SMILES string of the molecule is O=C([O-])C(O)C(O)C(=O)[O][Sb]1[O]S(=O)(=O)[O]1.[K+]. The van der Waals surface area contributed by atoms with Gasteiger partial charge in [-0.2, -0.15) is 0 Å². The van der Waals surface area contributed by atoms with Gasteiger partial charge in [-0.15, -0.1) is 0 Å². The number of aliphatic hydroxyl groups excluding tert-OH is 2. The van der Waals surface area contributed by atoms with Crippen LogP contribution in [0.4, 0.5) is 0 Å². The molecule has 0 bridgehead atoms. The Hall–Kier alpha value is 1.18. The number of carboxylic acids is 1. The molecule has 2 N–H and O–H groups in total. The first-order valence-electron chi connectivity index (χ1n) is 3.46. The molecule has 1 fully saturated rings. The minimum absolute atomic E-state index is 0. The van der Waals surface area contributed by atoms with Crippen LogP contribution in [0.1, 0.15) is 0 Å². The van der Waals surface area contributed by atoms with Gasteiger partial charge in [0.1, 0.15) is 0 Å². The summed E-state index contributed by atoms with van der Waals surface area (Å²) < 4.78 is 32.8. The summed E-state index contributed by atoms with van der Waals surface area (Å²) in [7, 11) is -4.11. The molecular formula is C4H4KO10SSb. The molecule has 1 rings (SSSR count). The van der Waals surface area contributed by atoms with Crippen molar-refractivity contribution in [3.05, 3.63) is 0 Å². The van der Waals surface area contributed by atoms with E-state index < -0.39 is 56.0 Å². The van der Waals surface area contributed by atoms with Crippen molar-refractivity contribution in [1.82, 2.24) is 0 Å². The van der Waals surface area contributed by atoms with Crippen LogP contribution in [0.5, 0.6) is 0 Å². The molecule has 0 amide bonds. The van der Waals surface area contributed by atoms with Gasteiger partial charge in [-0.05, 0) is 0 Å². The molecule has 1 aliphatic rings. The number of aliphatic carboxylic acids is 1. The van der Waals surface area contributed by atoms with Crippen molar-refractivity contribution < 1.29 is 92.6 Å². The van der Waals surface area contributed by atoms with Crippen LogP contribution < -0.4 is 56.5 Å². The Morgan fingerprint density at radius 3 is 2.06 bits per heavy atom. The Kier molecular flexibility index (Phi) is 7.59. The molecular weight excluding hydrogens is 401 g/mol. The molecule has 1 saturated heterocycles. The molecule has 17 heavy (non-hydrogen) atoms. The summed E-state index contributed by atoms with van der Waals surface area (Å²) in [6.45, 7) is 0. The largest absolute Gasteiger partial charge is 1.00 e. The van der Waals surface area contributed by atoms with Crippen molar-refractivity contribution in [2.75, 3.05) is 0 Å². The Morgan fingerprint density at radius 1 is 1.24 bits per heavy atom. The second-order valence-electron chi connectivity index (χ2n) is 2.40. The summed E-state index contributed by atoms with van der Waals surface area (Å²) in [5, 5.41) is 27.6. The molecule has 0 aromatic carbocycles. The van der Waals surface area contributed by atoms with Crippen LogP contribution in [0.3, 0.4) is 0 Å². The Morgan fingerprint density at radius 2 is 1.71 bits per heavy atom. The van der Waals surface area contributed by atoms with E-state index in [-0.39, 0.29) is 51.4 Å². The van der Waals surface area contributed by atoms with E-state index in [1.54, 1.807) is 0 Å². The molecule has 92 valence electrons. The maximum Gasteiger partial charge on any atom is 1.00 e. The standard InChI is InChI=1S/C4H6O6.K.H2O4S.Sb/c5-1(3(7)8)2(6)4(9)10;;1-5(2,3)4;/h1-2,5-6H,(H,7,8)(H,9,10);;(H2,1,2,3,4);/q;+1;;+3/p-4. The zero-order valence-corrected chi connectivity index (χ0v) is 14.7. The predicted octanol–water partition coefficient (Wildman–Crippen LogP) is -7.72. The van der Waals surface area contributed by atoms with Crippen LogP contribution in [-0.2, 0) is 27.9 Å². The van der Waals surface area contributed by atoms with Gasteiger partial charge in [0, 0.05) is 0 Å². The molecule has 2 unspecified atom stereocenters. The van der Waals surface area contributed by atoms with Crippen molar-refractivity contribution in [2.45, 2.75) is 12.2 Å². The number of hydrogen-bond acceptors (Lipinski definition) is 10. The molecule has 10 nitrogen and oxygen atoms in total. The van der Waals surface area contributed by atoms with E-state index in [2.05, 4.69) is 7.94 Å². The fourth-order valence-corrected chi connectivity index (χ4v) is 4.84. The summed E-state index contributed by atoms with van der Waals surface area (Å²) in [6, 6.07) is 0. The van der Waals surface area contributed by atoms with Gasteiger partial charge in [-0.25, -0.2) is 0 Å². The second kappa shape index (κ2) is 7.10. The molecule has 0 spiro atoms. The zero-order valence-electron chi connectivity index (χ0n) is 8.17. The van der Waals surface area contributed by atoms with E-state index in [0.717, 1.165) is 0 Å². The van der Waals surface area contributed by atoms with E-state index in [4.69, 9.17) is 10.2 Å². The third-order valence-electron chi connectivity index (χ3n) is 1.25. The quantitative estimate of drug-likeness (QED) is 0.430. The molecule has 0 aromatic rings. The first-order chi connectivity index (χ1) is 7.23. The van der Waals surface area contributed by atoms with Gasteiger partial charge in [-0.3, -0.25) is 0 Å². The molecule has 13 heteroatoms. The van der Waals surface area contributed by atoms with E-state index >= 15 is 0 Å². The van der Waals surface area contributed by atoms with E-state index in [1.165, 1.54) is 0 Å². The average Bonchev–Trinajstić information content (AvgIpc) is 2.12. The summed E-state index contributed by atoms with van der Waals surface area (Å²) in [6.07, 6.45) is -4.88. The first-order valence-corrected chi connectivity index (χ1v) is 7.92. The summed E-state index contributed by atoms with van der Waals surface area (Å²) in [4.78, 5) is 20.9. The van der Waals surface area contributed by atoms with Crippen molar-refractivity contribution >= 4 is 43.8 Å². The maximum absolute atomic E-state index is 10.9. The minimum atomic E-state index is -4.11. The van der Waals surface area contributed by atoms with Crippen molar-refractivity contribution in [3.63, 3.8) is 0 Å². The third kappa shape index (κ3) is 5.36. The van der Waals surface area contributed by atoms with Crippen LogP contribution in [-0.4, -0.2) is 64.2 Å². The summed E-state index contributed by atoms with van der Waals surface area (Å²) in [5.74, 6) is -3.64. The topological polar surface area (TPSA) is 159 Å². The molecule has 2 atom stereocenters. The van der Waals surface area contributed by atoms with Gasteiger partial charge >= 0.3 is 149 Å². The van der Waals surface area contributed by atoms with Gasteiger partial charge in [0.15, 0.2) is 0 Å². The number of carbonyl (C=O) groups is 2. The summed E-state index contributed by atoms with van der Waals surface area (Å²) >= 11 is -3.66. The van der Waals surface area contributed by atoms with Crippen LogP contribution >= 0.6 is 0 Å². The van der Waals surface area contributed by atoms with Crippen molar-refractivity contribution in [3.8, 4) is 0 Å². The second-order valence-corrected chi connectivity index (χ2v) is 7.86. The van der Waals surface area contributed by atoms with E-state index in [0.29, 0.717) is 0 Å². The fraction of sp³-hybridized carbons (Fsp3) is 0.500. The number of hydrogen-bond donors (Lipinski definition) is 2. The number of carboxylic acid groups (broad SMARTS) is 1. The molecule has 0 radical (unpaired) electrons.